The van der Waals surface area contributed by atoms with Gasteiger partial charge in [-0.3, -0.25) is 14.8 Å². The number of fused-ring (bicyclic) bond motifs is 1. The Balaban J connectivity index is 2.10. The van der Waals surface area contributed by atoms with Crippen LogP contribution in [0.25, 0.3) is 0 Å². The van der Waals surface area contributed by atoms with E-state index < -0.39 is 11.5 Å². The summed E-state index contributed by atoms with van der Waals surface area (Å²) in [5, 5.41) is 19.6. The van der Waals surface area contributed by atoms with Crippen molar-refractivity contribution in [1.29, 1.82) is 0 Å². The molecule has 6 nitrogen and oxygen atoms in total. The van der Waals surface area contributed by atoms with Crippen LogP contribution < -0.4 is 11.0 Å². The number of nitrogens with zero attached hydrogens (tertiary/aromatic N) is 1. The van der Waals surface area contributed by atoms with Crippen molar-refractivity contribution in [3.8, 4) is 5.75 Å². The molecule has 0 radical (unpaired) electrons. The summed E-state index contributed by atoms with van der Waals surface area (Å²) >= 11 is 0. The van der Waals surface area contributed by atoms with Crippen LogP contribution in [-0.4, -0.2) is 20.8 Å². The third-order valence-electron chi connectivity index (χ3n) is 5.74. The Morgan fingerprint density at radius 2 is 1.68 bits per heavy atom. The van der Waals surface area contributed by atoms with E-state index in [1.807, 2.05) is 0 Å². The summed E-state index contributed by atoms with van der Waals surface area (Å²) in [5.74, 6) is -0.728. The first-order valence-corrected chi connectivity index (χ1v) is 9.55. The fraction of sp³-hybridized carbons (Fsp3) is 0.684. The number of rotatable bonds is 3. The fourth-order valence-corrected chi connectivity index (χ4v) is 4.39. The molecule has 0 aromatic carbocycles. The summed E-state index contributed by atoms with van der Waals surface area (Å²) in [6, 6.07) is 0. The molecule has 3 N–H and O–H groups in total. The SMILES string of the molecule is O=C(NO)c1c(O)c2c(n(CC3CCCCC3)c1=O)CCCCCC2. The van der Waals surface area contributed by atoms with E-state index in [4.69, 9.17) is 5.21 Å². The Labute approximate surface area is 147 Å². The van der Waals surface area contributed by atoms with Crippen LogP contribution in [0.3, 0.4) is 0 Å². The fourth-order valence-electron chi connectivity index (χ4n) is 4.39. The standard InChI is InChI=1S/C19H28N2O4/c22-17-14-10-6-1-2-7-11-15(14)21(12-13-8-4-3-5-9-13)19(24)16(17)18(23)20-25/h13,22,25H,1-12H2,(H,20,23). The monoisotopic (exact) mass is 348 g/mol. The van der Waals surface area contributed by atoms with E-state index in [2.05, 4.69) is 0 Å². The Hall–Kier alpha value is -1.82. The summed E-state index contributed by atoms with van der Waals surface area (Å²) in [4.78, 5) is 25.0. The summed E-state index contributed by atoms with van der Waals surface area (Å²) in [6.07, 6.45) is 11.4. The molecule has 1 heterocycles. The molecule has 2 aliphatic carbocycles. The average Bonchev–Trinajstić information content (AvgIpc) is 2.60. The van der Waals surface area contributed by atoms with Crippen molar-refractivity contribution in [3.05, 3.63) is 27.2 Å². The van der Waals surface area contributed by atoms with Crippen LogP contribution in [0.4, 0.5) is 0 Å². The zero-order chi connectivity index (χ0) is 17.8. The molecule has 0 aliphatic heterocycles. The van der Waals surface area contributed by atoms with Crippen molar-refractivity contribution >= 4 is 5.91 Å². The van der Waals surface area contributed by atoms with E-state index >= 15 is 0 Å². The van der Waals surface area contributed by atoms with E-state index in [0.29, 0.717) is 24.4 Å². The van der Waals surface area contributed by atoms with Gasteiger partial charge in [-0.1, -0.05) is 32.1 Å². The van der Waals surface area contributed by atoms with Crippen LogP contribution >= 0.6 is 0 Å². The van der Waals surface area contributed by atoms with Gasteiger partial charge in [-0.15, -0.1) is 0 Å². The molecule has 1 aromatic rings. The molecular weight excluding hydrogens is 320 g/mol. The molecule has 2 aliphatic rings. The number of nitrogens with one attached hydrogen (secondary N) is 1. The van der Waals surface area contributed by atoms with Crippen molar-refractivity contribution in [3.63, 3.8) is 0 Å². The molecule has 1 fully saturated rings. The average molecular weight is 348 g/mol. The third kappa shape index (κ3) is 3.73. The van der Waals surface area contributed by atoms with Gasteiger partial charge in [-0.25, -0.2) is 5.48 Å². The highest BCUT2D eigenvalue weighted by molar-refractivity contribution is 5.96. The van der Waals surface area contributed by atoms with E-state index in [0.717, 1.165) is 50.6 Å². The summed E-state index contributed by atoms with van der Waals surface area (Å²) in [5.41, 5.74) is 2.32. The highest BCUT2D eigenvalue weighted by Gasteiger charge is 2.27. The number of hydroxylamine groups is 1. The highest BCUT2D eigenvalue weighted by Crippen LogP contribution is 2.31. The number of carbonyl (C=O) groups excluding carboxylic acids is 1. The number of carbonyl (C=O) groups is 1. The normalized spacial score (nSPS) is 18.9. The van der Waals surface area contributed by atoms with Crippen molar-refractivity contribution in [2.75, 3.05) is 0 Å². The Kier molecular flexibility index (Phi) is 5.78. The lowest BCUT2D eigenvalue weighted by Crippen LogP contribution is -2.36. The Morgan fingerprint density at radius 3 is 2.36 bits per heavy atom. The maximum Gasteiger partial charge on any atom is 0.284 e. The number of hydrogen-bond acceptors (Lipinski definition) is 4. The first-order valence-electron chi connectivity index (χ1n) is 9.55. The van der Waals surface area contributed by atoms with Gasteiger partial charge in [0.25, 0.3) is 11.5 Å². The van der Waals surface area contributed by atoms with Gasteiger partial charge in [0.1, 0.15) is 11.3 Å². The summed E-state index contributed by atoms with van der Waals surface area (Å²) < 4.78 is 1.72. The van der Waals surface area contributed by atoms with Gasteiger partial charge in [0.2, 0.25) is 0 Å². The van der Waals surface area contributed by atoms with E-state index in [1.165, 1.54) is 24.7 Å². The molecule has 138 valence electrons. The van der Waals surface area contributed by atoms with Crippen molar-refractivity contribution in [2.45, 2.75) is 77.2 Å². The molecule has 0 bridgehead atoms. The number of aromatic nitrogens is 1. The zero-order valence-electron chi connectivity index (χ0n) is 14.7. The summed E-state index contributed by atoms with van der Waals surface area (Å²) in [7, 11) is 0. The van der Waals surface area contributed by atoms with Crippen molar-refractivity contribution in [2.24, 2.45) is 5.92 Å². The Morgan fingerprint density at radius 1 is 1.04 bits per heavy atom. The van der Waals surface area contributed by atoms with Crippen molar-refractivity contribution in [1.82, 2.24) is 10.0 Å². The molecule has 6 heteroatoms. The van der Waals surface area contributed by atoms with Crippen LogP contribution in [0.5, 0.6) is 5.75 Å². The van der Waals surface area contributed by atoms with Gasteiger partial charge in [-0.05, 0) is 44.4 Å². The van der Waals surface area contributed by atoms with Crippen molar-refractivity contribution < 1.29 is 15.1 Å². The lowest BCUT2D eigenvalue weighted by atomic mass is 9.88. The van der Waals surface area contributed by atoms with Crippen LogP contribution in [0.2, 0.25) is 0 Å². The number of hydrogen-bond donors (Lipinski definition) is 3. The van der Waals surface area contributed by atoms with E-state index in [9.17, 15) is 14.7 Å². The lowest BCUT2D eigenvalue weighted by Gasteiger charge is -2.27. The van der Waals surface area contributed by atoms with Gasteiger partial charge in [0, 0.05) is 17.8 Å². The van der Waals surface area contributed by atoms with Gasteiger partial charge in [0.05, 0.1) is 0 Å². The molecule has 0 saturated heterocycles. The van der Waals surface area contributed by atoms with Crippen LogP contribution in [0.1, 0.15) is 79.4 Å². The number of amides is 1. The van der Waals surface area contributed by atoms with Crippen LogP contribution in [0, 0.1) is 5.92 Å². The third-order valence-corrected chi connectivity index (χ3v) is 5.74. The Bertz CT molecular complexity index is 690. The minimum atomic E-state index is -0.926. The maximum absolute atomic E-state index is 13.0. The molecule has 1 amide bonds. The minimum Gasteiger partial charge on any atom is -0.507 e. The van der Waals surface area contributed by atoms with Gasteiger partial charge >= 0.3 is 0 Å². The number of aromatic hydroxyl groups is 1. The molecule has 0 atom stereocenters. The van der Waals surface area contributed by atoms with Crippen LogP contribution in [-0.2, 0) is 19.4 Å². The minimum absolute atomic E-state index is 0.242. The second-order valence-electron chi connectivity index (χ2n) is 7.42. The second kappa shape index (κ2) is 8.04. The number of pyridine rings is 1. The molecular formula is C19H28N2O4. The zero-order valence-corrected chi connectivity index (χ0v) is 14.7. The largest absolute Gasteiger partial charge is 0.507 e. The predicted molar refractivity (Wildman–Crippen MR) is 94.1 cm³/mol. The highest BCUT2D eigenvalue weighted by atomic mass is 16.5. The topological polar surface area (TPSA) is 91.6 Å². The smallest absolute Gasteiger partial charge is 0.284 e. The quantitative estimate of drug-likeness (QED) is 0.578. The molecule has 1 saturated carbocycles. The molecule has 1 aromatic heterocycles. The first-order chi connectivity index (χ1) is 12.1. The molecule has 0 spiro atoms. The molecule has 3 rings (SSSR count). The second-order valence-corrected chi connectivity index (χ2v) is 7.42. The summed E-state index contributed by atoms with van der Waals surface area (Å²) in [6.45, 7) is 0.604. The molecule has 0 unspecified atom stereocenters. The van der Waals surface area contributed by atoms with E-state index in [-0.39, 0.29) is 11.3 Å². The van der Waals surface area contributed by atoms with E-state index in [1.54, 1.807) is 4.57 Å². The predicted octanol–water partition coefficient (Wildman–Crippen LogP) is 2.91. The maximum atomic E-state index is 13.0. The molecule has 25 heavy (non-hydrogen) atoms. The van der Waals surface area contributed by atoms with Gasteiger partial charge in [0.15, 0.2) is 0 Å². The van der Waals surface area contributed by atoms with Crippen LogP contribution in [0.15, 0.2) is 4.79 Å². The van der Waals surface area contributed by atoms with Gasteiger partial charge in [-0.2, -0.15) is 0 Å². The van der Waals surface area contributed by atoms with Gasteiger partial charge < -0.3 is 9.67 Å². The lowest BCUT2D eigenvalue weighted by molar-refractivity contribution is 0.0700. The first kappa shape index (κ1) is 18.0.